The van der Waals surface area contributed by atoms with Crippen LogP contribution in [0.25, 0.3) is 0 Å². The minimum atomic E-state index is 0.160. The van der Waals surface area contributed by atoms with Gasteiger partial charge >= 0.3 is 0 Å². The molecule has 0 unspecified atom stereocenters. The molecule has 1 aliphatic rings. The number of likely N-dealkylation sites (tertiary alicyclic amines) is 1. The second kappa shape index (κ2) is 6.87. The van der Waals surface area contributed by atoms with Crippen LogP contribution < -0.4 is 5.32 Å². The molecule has 0 aromatic carbocycles. The van der Waals surface area contributed by atoms with E-state index in [2.05, 4.69) is 15.3 Å². The highest BCUT2D eigenvalue weighted by molar-refractivity contribution is 7.12. The number of thiophene rings is 1. The molecule has 3 rings (SSSR count). The molecule has 1 amide bonds. The molecule has 5 nitrogen and oxygen atoms in total. The summed E-state index contributed by atoms with van der Waals surface area (Å²) in [6.07, 6.45) is 6.47. The highest BCUT2D eigenvalue weighted by atomic mass is 32.1. The Morgan fingerprint density at radius 1 is 1.45 bits per heavy atom. The number of anilines is 1. The van der Waals surface area contributed by atoms with Crippen LogP contribution >= 0.6 is 11.3 Å². The zero-order valence-corrected chi connectivity index (χ0v) is 13.5. The van der Waals surface area contributed by atoms with Crippen LogP contribution in [0.15, 0.2) is 29.9 Å². The number of hydrogen-bond donors (Lipinski definition) is 1. The second-order valence-corrected chi connectivity index (χ2v) is 6.49. The van der Waals surface area contributed by atoms with Crippen molar-refractivity contribution in [3.63, 3.8) is 0 Å². The summed E-state index contributed by atoms with van der Waals surface area (Å²) in [5.41, 5.74) is 0.987. The number of nitrogens with zero attached hydrogens (tertiary/aromatic N) is 3. The van der Waals surface area contributed by atoms with Crippen LogP contribution in [0.3, 0.4) is 0 Å². The van der Waals surface area contributed by atoms with Crippen molar-refractivity contribution >= 4 is 23.1 Å². The molecule has 116 valence electrons. The third-order valence-electron chi connectivity index (χ3n) is 4.03. The maximum Gasteiger partial charge on any atom is 0.263 e. The van der Waals surface area contributed by atoms with Crippen molar-refractivity contribution in [2.45, 2.75) is 19.3 Å². The quantitative estimate of drug-likeness (QED) is 0.942. The van der Waals surface area contributed by atoms with Gasteiger partial charge in [-0.1, -0.05) is 6.07 Å². The van der Waals surface area contributed by atoms with E-state index in [0.717, 1.165) is 48.7 Å². The van der Waals surface area contributed by atoms with Gasteiger partial charge in [-0.05, 0) is 36.6 Å². The van der Waals surface area contributed by atoms with Gasteiger partial charge in [-0.15, -0.1) is 11.3 Å². The average Bonchev–Trinajstić information content (AvgIpc) is 3.09. The van der Waals surface area contributed by atoms with Gasteiger partial charge in [0.2, 0.25) is 0 Å². The molecular weight excluding hydrogens is 296 g/mol. The van der Waals surface area contributed by atoms with Crippen LogP contribution in [0.4, 0.5) is 5.82 Å². The molecule has 3 heterocycles. The minimum absolute atomic E-state index is 0.160. The van der Waals surface area contributed by atoms with Crippen molar-refractivity contribution in [3.05, 3.63) is 40.5 Å². The fourth-order valence-electron chi connectivity index (χ4n) is 2.97. The van der Waals surface area contributed by atoms with E-state index in [1.807, 2.05) is 29.5 Å². The van der Waals surface area contributed by atoms with E-state index in [1.54, 1.807) is 12.4 Å². The summed E-state index contributed by atoms with van der Waals surface area (Å²) in [5, 5.41) is 5.04. The molecule has 0 radical (unpaired) electrons. The summed E-state index contributed by atoms with van der Waals surface area (Å²) < 4.78 is 0. The zero-order valence-electron chi connectivity index (χ0n) is 12.7. The lowest BCUT2D eigenvalue weighted by Crippen LogP contribution is -2.40. The lowest BCUT2D eigenvalue weighted by molar-refractivity contribution is 0.0678. The Balaban J connectivity index is 1.67. The Morgan fingerprint density at radius 3 is 3.09 bits per heavy atom. The number of carbonyl (C=O) groups excluding carboxylic acids is 1. The lowest BCUT2D eigenvalue weighted by Gasteiger charge is -2.32. The second-order valence-electron chi connectivity index (χ2n) is 5.54. The summed E-state index contributed by atoms with van der Waals surface area (Å²) in [6, 6.07) is 3.83. The number of aromatic nitrogens is 2. The van der Waals surface area contributed by atoms with E-state index in [1.165, 1.54) is 11.3 Å². The largest absolute Gasteiger partial charge is 0.372 e. The molecule has 1 fully saturated rings. The van der Waals surface area contributed by atoms with E-state index < -0.39 is 0 Å². The smallest absolute Gasteiger partial charge is 0.263 e. The summed E-state index contributed by atoms with van der Waals surface area (Å²) in [7, 11) is 1.86. The summed E-state index contributed by atoms with van der Waals surface area (Å²) in [6.45, 7) is 1.66. The SMILES string of the molecule is CNc1nccnc1C[C@H]1CCCN(C(=O)c2cccs2)C1. The average molecular weight is 316 g/mol. The van der Waals surface area contributed by atoms with E-state index in [9.17, 15) is 4.79 Å². The first-order chi connectivity index (χ1) is 10.8. The van der Waals surface area contributed by atoms with Gasteiger partial charge < -0.3 is 10.2 Å². The number of amides is 1. The van der Waals surface area contributed by atoms with Gasteiger partial charge in [0.1, 0.15) is 5.82 Å². The van der Waals surface area contributed by atoms with Gasteiger partial charge in [0.15, 0.2) is 0 Å². The molecule has 1 saturated heterocycles. The molecule has 0 spiro atoms. The van der Waals surface area contributed by atoms with Crippen molar-refractivity contribution in [3.8, 4) is 0 Å². The van der Waals surface area contributed by atoms with Crippen molar-refractivity contribution in [2.75, 3.05) is 25.5 Å². The molecule has 2 aromatic heterocycles. The maximum atomic E-state index is 12.5. The molecule has 0 bridgehead atoms. The summed E-state index contributed by atoms with van der Waals surface area (Å²) >= 11 is 1.51. The first-order valence-corrected chi connectivity index (χ1v) is 8.46. The van der Waals surface area contributed by atoms with Crippen LogP contribution in [0.1, 0.15) is 28.2 Å². The van der Waals surface area contributed by atoms with Gasteiger partial charge in [-0.2, -0.15) is 0 Å². The van der Waals surface area contributed by atoms with E-state index in [-0.39, 0.29) is 5.91 Å². The molecule has 0 saturated carbocycles. The highest BCUT2D eigenvalue weighted by Gasteiger charge is 2.26. The molecule has 2 aromatic rings. The Labute approximate surface area is 134 Å². The summed E-state index contributed by atoms with van der Waals surface area (Å²) in [4.78, 5) is 24.0. The highest BCUT2D eigenvalue weighted by Crippen LogP contribution is 2.24. The number of nitrogens with one attached hydrogen (secondary N) is 1. The first-order valence-electron chi connectivity index (χ1n) is 7.58. The Morgan fingerprint density at radius 2 is 2.32 bits per heavy atom. The molecule has 1 aliphatic heterocycles. The van der Waals surface area contributed by atoms with Gasteiger partial charge in [0, 0.05) is 32.5 Å². The molecule has 6 heteroatoms. The van der Waals surface area contributed by atoms with Crippen LogP contribution in [0.2, 0.25) is 0 Å². The van der Waals surface area contributed by atoms with Crippen LogP contribution in [-0.2, 0) is 6.42 Å². The molecule has 1 N–H and O–H groups in total. The fraction of sp³-hybridized carbons (Fsp3) is 0.438. The van der Waals surface area contributed by atoms with Gasteiger partial charge in [-0.3, -0.25) is 9.78 Å². The standard InChI is InChI=1S/C16H20N4OS/c1-17-15-13(18-6-7-19-15)10-12-4-2-8-20(11-12)16(21)14-5-3-9-22-14/h3,5-7,9,12H,2,4,8,10-11H2,1H3,(H,17,19)/t12-/m1/s1. The minimum Gasteiger partial charge on any atom is -0.372 e. The van der Waals surface area contributed by atoms with Crippen LogP contribution in [0.5, 0.6) is 0 Å². The third kappa shape index (κ3) is 3.27. The molecule has 0 aliphatic carbocycles. The Bertz CT molecular complexity index is 629. The van der Waals surface area contributed by atoms with E-state index in [0.29, 0.717) is 5.92 Å². The number of rotatable bonds is 4. The molecule has 22 heavy (non-hydrogen) atoms. The fourth-order valence-corrected chi connectivity index (χ4v) is 3.66. The van der Waals surface area contributed by atoms with E-state index in [4.69, 9.17) is 0 Å². The maximum absolute atomic E-state index is 12.5. The van der Waals surface area contributed by atoms with E-state index >= 15 is 0 Å². The third-order valence-corrected chi connectivity index (χ3v) is 4.89. The van der Waals surface area contributed by atoms with Crippen LogP contribution in [0, 0.1) is 5.92 Å². The predicted molar refractivity (Wildman–Crippen MR) is 88.2 cm³/mol. The van der Waals surface area contributed by atoms with Crippen molar-refractivity contribution in [2.24, 2.45) is 5.92 Å². The Hall–Kier alpha value is -1.95. The van der Waals surface area contributed by atoms with Crippen molar-refractivity contribution in [1.82, 2.24) is 14.9 Å². The number of hydrogen-bond acceptors (Lipinski definition) is 5. The normalized spacial score (nSPS) is 18.2. The van der Waals surface area contributed by atoms with Crippen molar-refractivity contribution in [1.29, 1.82) is 0 Å². The first kappa shape index (κ1) is 15.0. The van der Waals surface area contributed by atoms with Gasteiger partial charge in [0.05, 0.1) is 10.6 Å². The van der Waals surface area contributed by atoms with Gasteiger partial charge in [0.25, 0.3) is 5.91 Å². The molecular formula is C16H20N4OS. The predicted octanol–water partition coefficient (Wildman–Crippen LogP) is 2.67. The Kier molecular flexibility index (Phi) is 4.68. The summed E-state index contributed by atoms with van der Waals surface area (Å²) in [5.74, 6) is 1.44. The van der Waals surface area contributed by atoms with Gasteiger partial charge in [-0.25, -0.2) is 4.98 Å². The number of carbonyl (C=O) groups is 1. The molecule has 1 atom stereocenters. The topological polar surface area (TPSA) is 58.1 Å². The lowest BCUT2D eigenvalue weighted by atomic mass is 9.93. The zero-order chi connectivity index (χ0) is 15.4. The van der Waals surface area contributed by atoms with Crippen molar-refractivity contribution < 1.29 is 4.79 Å². The number of piperidine rings is 1. The monoisotopic (exact) mass is 316 g/mol. The van der Waals surface area contributed by atoms with Crippen LogP contribution in [-0.4, -0.2) is 40.9 Å².